The molecule has 0 aliphatic carbocycles. The molecular weight excluding hydrogens is 240 g/mol. The molecule has 0 saturated heterocycles. The van der Waals surface area contributed by atoms with E-state index in [1.165, 1.54) is 0 Å². The molecule has 1 rings (SSSR count). The van der Waals surface area contributed by atoms with Gasteiger partial charge in [-0.25, -0.2) is 0 Å². The number of aliphatic hydroxyl groups is 1. The Labute approximate surface area is 106 Å². The molecule has 2 N–H and O–H groups in total. The predicted octanol–water partition coefficient (Wildman–Crippen LogP) is -0.181. The fourth-order valence-electron chi connectivity index (χ4n) is 1.16. The first-order valence-electron chi connectivity index (χ1n) is 5.70. The lowest BCUT2D eigenvalue weighted by Gasteiger charge is -2.15. The molecule has 0 radical (unpaired) electrons. The van der Waals surface area contributed by atoms with Gasteiger partial charge in [-0.15, -0.1) is 4.37 Å². The number of hydrogen-bond donors (Lipinski definition) is 2. The summed E-state index contributed by atoms with van der Waals surface area (Å²) >= 11 is 1.09. The molecule has 0 saturated carbocycles. The smallest absolute Gasteiger partial charge is 0.245 e. The van der Waals surface area contributed by atoms with Crippen LogP contribution in [0.1, 0.15) is 6.92 Å². The maximum Gasteiger partial charge on any atom is 0.245 e. The normalized spacial score (nSPS) is 12.9. The van der Waals surface area contributed by atoms with E-state index in [-0.39, 0.29) is 6.61 Å². The summed E-state index contributed by atoms with van der Waals surface area (Å²) in [6.45, 7) is 5.74. The molecule has 0 spiro atoms. The van der Waals surface area contributed by atoms with E-state index in [1.54, 1.807) is 6.20 Å². The van der Waals surface area contributed by atoms with Crippen molar-refractivity contribution in [3.63, 3.8) is 0 Å². The molecule has 1 heterocycles. The van der Waals surface area contributed by atoms with E-state index in [9.17, 15) is 5.11 Å². The molecular formula is C10H20N4O2S. The van der Waals surface area contributed by atoms with Gasteiger partial charge in [-0.05, 0) is 13.6 Å². The van der Waals surface area contributed by atoms with Gasteiger partial charge in [0.25, 0.3) is 0 Å². The second-order valence-corrected chi connectivity index (χ2v) is 4.37. The summed E-state index contributed by atoms with van der Waals surface area (Å²) in [5, 5.41) is 12.8. The van der Waals surface area contributed by atoms with E-state index >= 15 is 0 Å². The van der Waals surface area contributed by atoms with Crippen molar-refractivity contribution in [1.29, 1.82) is 0 Å². The second-order valence-electron chi connectivity index (χ2n) is 3.81. The first kappa shape index (κ1) is 14.3. The van der Waals surface area contributed by atoms with E-state index in [0.717, 1.165) is 31.4 Å². The standard InChI is InChI=1S/C10H20N4O2S/c1-3-14(2)5-4-11-6-9(15)8-16-10-7-12-17-13-10/h7,9,11,15H,3-6,8H2,1-2H3. The van der Waals surface area contributed by atoms with Crippen molar-refractivity contribution in [2.24, 2.45) is 0 Å². The predicted molar refractivity (Wildman–Crippen MR) is 67.5 cm³/mol. The van der Waals surface area contributed by atoms with Crippen LogP contribution in [0.25, 0.3) is 0 Å². The molecule has 17 heavy (non-hydrogen) atoms. The maximum atomic E-state index is 9.62. The maximum absolute atomic E-state index is 9.62. The van der Waals surface area contributed by atoms with Crippen LogP contribution in [-0.2, 0) is 0 Å². The van der Waals surface area contributed by atoms with Crippen molar-refractivity contribution in [1.82, 2.24) is 19.0 Å². The van der Waals surface area contributed by atoms with E-state index in [1.807, 2.05) is 0 Å². The number of ether oxygens (including phenoxy) is 1. The van der Waals surface area contributed by atoms with Crippen LogP contribution in [-0.4, -0.2) is 64.7 Å². The number of aromatic nitrogens is 2. The molecule has 0 bridgehead atoms. The van der Waals surface area contributed by atoms with E-state index in [0.29, 0.717) is 12.4 Å². The summed E-state index contributed by atoms with van der Waals surface area (Å²) in [6.07, 6.45) is 1.02. The van der Waals surface area contributed by atoms with E-state index < -0.39 is 6.10 Å². The molecule has 98 valence electrons. The number of hydrogen-bond acceptors (Lipinski definition) is 7. The minimum absolute atomic E-state index is 0.238. The zero-order valence-electron chi connectivity index (χ0n) is 10.3. The zero-order chi connectivity index (χ0) is 12.5. The highest BCUT2D eigenvalue weighted by molar-refractivity contribution is 6.99. The lowest BCUT2D eigenvalue weighted by molar-refractivity contribution is 0.104. The Kier molecular flexibility index (Phi) is 7.02. The fourth-order valence-corrected chi connectivity index (χ4v) is 1.52. The molecule has 0 aromatic carbocycles. The van der Waals surface area contributed by atoms with Crippen molar-refractivity contribution >= 4 is 11.7 Å². The Hall–Kier alpha value is -0.760. The molecule has 0 aliphatic rings. The third kappa shape index (κ3) is 6.52. The highest BCUT2D eigenvalue weighted by Crippen LogP contribution is 2.04. The average molecular weight is 260 g/mol. The first-order valence-corrected chi connectivity index (χ1v) is 6.43. The van der Waals surface area contributed by atoms with Crippen LogP contribution >= 0.6 is 11.7 Å². The van der Waals surface area contributed by atoms with Gasteiger partial charge in [0.1, 0.15) is 18.9 Å². The van der Waals surface area contributed by atoms with Crippen LogP contribution in [0.15, 0.2) is 6.20 Å². The molecule has 7 heteroatoms. The van der Waals surface area contributed by atoms with Gasteiger partial charge in [-0.3, -0.25) is 0 Å². The summed E-state index contributed by atoms with van der Waals surface area (Å²) in [5.41, 5.74) is 0. The molecule has 1 aromatic rings. The van der Waals surface area contributed by atoms with Gasteiger partial charge in [-0.1, -0.05) is 6.92 Å². The van der Waals surface area contributed by atoms with Crippen molar-refractivity contribution in [3.8, 4) is 5.88 Å². The van der Waals surface area contributed by atoms with Crippen molar-refractivity contribution in [2.75, 3.05) is 39.8 Å². The van der Waals surface area contributed by atoms with Gasteiger partial charge in [0.05, 0.1) is 11.7 Å². The SMILES string of the molecule is CCN(C)CCNCC(O)COc1cnsn1. The third-order valence-corrected chi connectivity index (χ3v) is 2.82. The molecule has 6 nitrogen and oxygen atoms in total. The van der Waals surface area contributed by atoms with Gasteiger partial charge >= 0.3 is 0 Å². The fraction of sp³-hybridized carbons (Fsp3) is 0.800. The Morgan fingerprint density at radius 3 is 3.12 bits per heavy atom. The second kappa shape index (κ2) is 8.35. The van der Waals surface area contributed by atoms with Crippen LogP contribution < -0.4 is 10.1 Å². The molecule has 1 unspecified atom stereocenters. The number of nitrogens with one attached hydrogen (secondary N) is 1. The highest BCUT2D eigenvalue weighted by atomic mass is 32.1. The summed E-state index contributed by atoms with van der Waals surface area (Å²) in [6, 6.07) is 0. The van der Waals surface area contributed by atoms with Crippen molar-refractivity contribution < 1.29 is 9.84 Å². The average Bonchev–Trinajstić information content (AvgIpc) is 2.84. The Balaban J connectivity index is 1.99. The number of aliphatic hydroxyl groups excluding tert-OH is 1. The molecule has 1 atom stereocenters. The van der Waals surface area contributed by atoms with Gasteiger partial charge < -0.3 is 20.1 Å². The third-order valence-electron chi connectivity index (χ3n) is 2.35. The summed E-state index contributed by atoms with van der Waals surface area (Å²) in [4.78, 5) is 2.21. The van der Waals surface area contributed by atoms with Crippen LogP contribution in [0, 0.1) is 0 Å². The highest BCUT2D eigenvalue weighted by Gasteiger charge is 2.06. The van der Waals surface area contributed by atoms with Crippen LogP contribution in [0.2, 0.25) is 0 Å². The van der Waals surface area contributed by atoms with Crippen LogP contribution in [0.3, 0.4) is 0 Å². The van der Waals surface area contributed by atoms with Crippen LogP contribution in [0.5, 0.6) is 5.88 Å². The minimum atomic E-state index is -0.524. The number of nitrogens with zero attached hydrogens (tertiary/aromatic N) is 3. The first-order chi connectivity index (χ1) is 8.22. The van der Waals surface area contributed by atoms with E-state index in [4.69, 9.17) is 4.74 Å². The topological polar surface area (TPSA) is 70.5 Å². The van der Waals surface area contributed by atoms with Crippen molar-refractivity contribution in [2.45, 2.75) is 13.0 Å². The minimum Gasteiger partial charge on any atom is -0.473 e. The Morgan fingerprint density at radius 2 is 2.47 bits per heavy atom. The number of rotatable bonds is 9. The molecule has 0 amide bonds. The van der Waals surface area contributed by atoms with Crippen LogP contribution in [0.4, 0.5) is 0 Å². The van der Waals surface area contributed by atoms with Gasteiger partial charge in [0.15, 0.2) is 0 Å². The van der Waals surface area contributed by atoms with Gasteiger partial charge in [-0.2, -0.15) is 4.37 Å². The largest absolute Gasteiger partial charge is 0.473 e. The molecule has 0 aliphatic heterocycles. The quantitative estimate of drug-likeness (QED) is 0.600. The molecule has 0 fully saturated rings. The Morgan fingerprint density at radius 1 is 1.65 bits per heavy atom. The zero-order valence-corrected chi connectivity index (χ0v) is 11.1. The number of likely N-dealkylation sites (N-methyl/N-ethyl adjacent to an activating group) is 1. The summed E-state index contributed by atoms with van der Waals surface area (Å²) in [7, 11) is 2.07. The van der Waals surface area contributed by atoms with Gasteiger partial charge in [0, 0.05) is 19.6 Å². The van der Waals surface area contributed by atoms with Gasteiger partial charge in [0.2, 0.25) is 5.88 Å². The van der Waals surface area contributed by atoms with E-state index in [2.05, 4.69) is 32.9 Å². The Bertz CT molecular complexity index is 284. The monoisotopic (exact) mass is 260 g/mol. The lowest BCUT2D eigenvalue weighted by Crippen LogP contribution is -2.36. The summed E-state index contributed by atoms with van der Waals surface area (Å²) in [5.74, 6) is 0.472. The molecule has 1 aromatic heterocycles. The van der Waals surface area contributed by atoms with Crippen molar-refractivity contribution in [3.05, 3.63) is 6.20 Å². The summed E-state index contributed by atoms with van der Waals surface area (Å²) < 4.78 is 12.9. The lowest BCUT2D eigenvalue weighted by atomic mass is 10.3.